The third kappa shape index (κ3) is 3.53. The lowest BCUT2D eigenvalue weighted by atomic mass is 9.75. The first-order valence-corrected chi connectivity index (χ1v) is 9.08. The maximum absolute atomic E-state index is 13.3. The van der Waals surface area contributed by atoms with E-state index in [9.17, 15) is 14.4 Å². The summed E-state index contributed by atoms with van der Waals surface area (Å²) in [5, 5.41) is 5.35. The molecule has 0 aliphatic carbocycles. The minimum atomic E-state index is -1.89. The zero-order chi connectivity index (χ0) is 20.1. The van der Waals surface area contributed by atoms with Crippen molar-refractivity contribution in [1.82, 2.24) is 10.6 Å². The fourth-order valence-corrected chi connectivity index (χ4v) is 3.42. The van der Waals surface area contributed by atoms with Crippen molar-refractivity contribution in [3.8, 4) is 0 Å². The van der Waals surface area contributed by atoms with Gasteiger partial charge in [-0.15, -0.1) is 0 Å². The molecule has 0 bridgehead atoms. The van der Waals surface area contributed by atoms with Crippen LogP contribution in [0.4, 0.5) is 0 Å². The Morgan fingerprint density at radius 1 is 1.07 bits per heavy atom. The highest BCUT2D eigenvalue weighted by atomic mass is 16.5. The van der Waals surface area contributed by atoms with Gasteiger partial charge in [-0.05, 0) is 24.1 Å². The Morgan fingerprint density at radius 2 is 1.68 bits per heavy atom. The van der Waals surface area contributed by atoms with Gasteiger partial charge in [0.2, 0.25) is 11.4 Å². The fourth-order valence-electron chi connectivity index (χ4n) is 3.42. The van der Waals surface area contributed by atoms with Crippen LogP contribution in [0.2, 0.25) is 0 Å². The number of carbonyl (C=O) groups excluding carboxylic acids is 3. The number of nitrogens with one attached hydrogen (secondary N) is 2. The molecule has 0 saturated carbocycles. The highest BCUT2D eigenvalue weighted by Gasteiger charge is 2.56. The largest absolute Gasteiger partial charge is 0.464 e. The van der Waals surface area contributed by atoms with E-state index in [0.29, 0.717) is 11.3 Å². The predicted octanol–water partition coefficient (Wildman–Crippen LogP) is 2.38. The van der Waals surface area contributed by atoms with Crippen LogP contribution in [0.5, 0.6) is 0 Å². The summed E-state index contributed by atoms with van der Waals surface area (Å²) in [6.45, 7) is 3.01. The second-order valence-electron chi connectivity index (χ2n) is 6.50. The summed E-state index contributed by atoms with van der Waals surface area (Å²) in [5.41, 5.74) is 0.205. The van der Waals surface area contributed by atoms with Gasteiger partial charge in [-0.1, -0.05) is 60.7 Å². The quantitative estimate of drug-likeness (QED) is 0.618. The van der Waals surface area contributed by atoms with Crippen molar-refractivity contribution in [2.24, 2.45) is 0 Å². The van der Waals surface area contributed by atoms with Crippen LogP contribution in [-0.4, -0.2) is 29.9 Å². The Balaban J connectivity index is 2.21. The fraction of sp³-hybridized carbons (Fsp3) is 0.227. The SMILES string of the molecule is CCOC(=O)C1(NC(C)=O)C(=O)NC(c2ccccc2)=CC1c1ccccc1. The molecule has 1 heterocycles. The van der Waals surface area contributed by atoms with Gasteiger partial charge in [-0.25, -0.2) is 4.79 Å². The lowest BCUT2D eigenvalue weighted by Gasteiger charge is -2.40. The van der Waals surface area contributed by atoms with Gasteiger partial charge in [-0.2, -0.15) is 0 Å². The monoisotopic (exact) mass is 378 g/mol. The third-order valence-corrected chi connectivity index (χ3v) is 4.62. The van der Waals surface area contributed by atoms with Gasteiger partial charge < -0.3 is 15.4 Å². The first-order valence-electron chi connectivity index (χ1n) is 9.08. The van der Waals surface area contributed by atoms with Gasteiger partial charge in [0.1, 0.15) is 0 Å². The highest BCUT2D eigenvalue weighted by molar-refractivity contribution is 6.15. The van der Waals surface area contributed by atoms with Crippen LogP contribution >= 0.6 is 0 Å². The molecule has 1 aliphatic rings. The summed E-state index contributed by atoms with van der Waals surface area (Å²) in [4.78, 5) is 38.2. The lowest BCUT2D eigenvalue weighted by molar-refractivity contribution is -0.158. The van der Waals surface area contributed by atoms with E-state index in [1.807, 2.05) is 60.7 Å². The van der Waals surface area contributed by atoms with E-state index in [4.69, 9.17) is 4.74 Å². The van der Waals surface area contributed by atoms with E-state index < -0.39 is 29.2 Å². The molecule has 2 aromatic rings. The molecule has 6 nitrogen and oxygen atoms in total. The van der Waals surface area contributed by atoms with Crippen LogP contribution < -0.4 is 10.6 Å². The van der Waals surface area contributed by atoms with E-state index in [-0.39, 0.29) is 6.61 Å². The van der Waals surface area contributed by atoms with E-state index in [0.717, 1.165) is 5.56 Å². The second kappa shape index (κ2) is 8.08. The number of hydrogen-bond donors (Lipinski definition) is 2. The van der Waals surface area contributed by atoms with Gasteiger partial charge in [0.05, 0.1) is 6.61 Å². The molecule has 144 valence electrons. The van der Waals surface area contributed by atoms with E-state index in [2.05, 4.69) is 10.6 Å². The van der Waals surface area contributed by atoms with Gasteiger partial charge in [-0.3, -0.25) is 9.59 Å². The molecule has 2 atom stereocenters. The molecular weight excluding hydrogens is 356 g/mol. The first-order chi connectivity index (χ1) is 13.5. The average Bonchev–Trinajstić information content (AvgIpc) is 2.70. The summed E-state index contributed by atoms with van der Waals surface area (Å²) in [6.07, 6.45) is 1.79. The number of esters is 1. The van der Waals surface area contributed by atoms with Crippen LogP contribution in [0.3, 0.4) is 0 Å². The molecule has 2 amide bonds. The molecule has 0 saturated heterocycles. The van der Waals surface area contributed by atoms with Gasteiger partial charge in [0.25, 0.3) is 5.91 Å². The number of benzene rings is 2. The van der Waals surface area contributed by atoms with E-state index in [1.165, 1.54) is 6.92 Å². The lowest BCUT2D eigenvalue weighted by Crippen LogP contribution is -2.68. The molecule has 0 fully saturated rings. The predicted molar refractivity (Wildman–Crippen MR) is 105 cm³/mol. The molecule has 2 unspecified atom stereocenters. The normalized spacial score (nSPS) is 21.3. The summed E-state index contributed by atoms with van der Waals surface area (Å²) in [7, 11) is 0. The number of rotatable bonds is 5. The molecular formula is C22H22N2O4. The number of hydrogen-bond acceptors (Lipinski definition) is 4. The van der Waals surface area contributed by atoms with Gasteiger partial charge in [0.15, 0.2) is 0 Å². The number of carbonyl (C=O) groups is 3. The maximum atomic E-state index is 13.3. The Bertz CT molecular complexity index is 909. The summed E-state index contributed by atoms with van der Waals surface area (Å²) in [5.74, 6) is -2.66. The van der Waals surface area contributed by atoms with E-state index >= 15 is 0 Å². The summed E-state index contributed by atoms with van der Waals surface area (Å²) >= 11 is 0. The number of ether oxygens (including phenoxy) is 1. The smallest absolute Gasteiger partial charge is 0.342 e. The van der Waals surface area contributed by atoms with Crippen LogP contribution in [-0.2, 0) is 19.1 Å². The van der Waals surface area contributed by atoms with Crippen molar-refractivity contribution >= 4 is 23.5 Å². The van der Waals surface area contributed by atoms with Crippen molar-refractivity contribution in [3.63, 3.8) is 0 Å². The second-order valence-corrected chi connectivity index (χ2v) is 6.50. The molecule has 2 N–H and O–H groups in total. The van der Waals surface area contributed by atoms with Crippen LogP contribution in [0, 0.1) is 0 Å². The number of amides is 2. The van der Waals surface area contributed by atoms with Crippen molar-refractivity contribution in [2.45, 2.75) is 25.3 Å². The van der Waals surface area contributed by atoms with Crippen LogP contribution in [0.1, 0.15) is 30.9 Å². The molecule has 28 heavy (non-hydrogen) atoms. The van der Waals surface area contributed by atoms with Crippen LogP contribution in [0.15, 0.2) is 66.7 Å². The molecule has 6 heteroatoms. The Morgan fingerprint density at radius 3 is 2.25 bits per heavy atom. The molecule has 0 radical (unpaired) electrons. The van der Waals surface area contributed by atoms with Crippen molar-refractivity contribution in [3.05, 3.63) is 77.9 Å². The molecule has 0 aromatic heterocycles. The Kier molecular flexibility index (Phi) is 5.59. The highest BCUT2D eigenvalue weighted by Crippen LogP contribution is 2.37. The standard InChI is InChI=1S/C22H22N2O4/c1-3-28-21(27)22(24-15(2)25)18(16-10-6-4-7-11-16)14-19(23-20(22)26)17-12-8-5-9-13-17/h4-14,18H,3H2,1-2H3,(H,23,26)(H,24,25). The Labute approximate surface area is 163 Å². The maximum Gasteiger partial charge on any atom is 0.342 e. The van der Waals surface area contributed by atoms with E-state index in [1.54, 1.807) is 13.0 Å². The molecule has 3 rings (SSSR count). The third-order valence-electron chi connectivity index (χ3n) is 4.62. The first kappa shape index (κ1) is 19.4. The minimum Gasteiger partial charge on any atom is -0.464 e. The zero-order valence-corrected chi connectivity index (χ0v) is 15.8. The molecule has 2 aromatic carbocycles. The summed E-state index contributed by atoms with van der Waals surface area (Å²) < 4.78 is 5.20. The van der Waals surface area contributed by atoms with Crippen molar-refractivity contribution in [2.75, 3.05) is 6.61 Å². The minimum absolute atomic E-state index is 0.0875. The van der Waals surface area contributed by atoms with Gasteiger partial charge >= 0.3 is 5.97 Å². The van der Waals surface area contributed by atoms with Gasteiger partial charge in [0, 0.05) is 18.5 Å². The molecule has 0 spiro atoms. The Hall–Kier alpha value is -3.41. The van der Waals surface area contributed by atoms with Crippen LogP contribution in [0.25, 0.3) is 5.70 Å². The van der Waals surface area contributed by atoms with Crippen molar-refractivity contribution in [1.29, 1.82) is 0 Å². The summed E-state index contributed by atoms with van der Waals surface area (Å²) in [6, 6.07) is 18.5. The average molecular weight is 378 g/mol. The molecule has 1 aliphatic heterocycles. The topological polar surface area (TPSA) is 84.5 Å². The van der Waals surface area contributed by atoms with Crippen molar-refractivity contribution < 1.29 is 19.1 Å². The zero-order valence-electron chi connectivity index (χ0n) is 15.8.